The van der Waals surface area contributed by atoms with Gasteiger partial charge >= 0.3 is 0 Å². The first-order valence-corrected chi connectivity index (χ1v) is 7.79. The second-order valence-corrected chi connectivity index (χ2v) is 6.05. The largest absolute Gasteiger partial charge is 0.304 e. The Bertz CT molecular complexity index is 505. The number of aromatic nitrogens is 2. The summed E-state index contributed by atoms with van der Waals surface area (Å²) in [6, 6.07) is 4.63. The fourth-order valence-electron chi connectivity index (χ4n) is 1.93. The van der Waals surface area contributed by atoms with Crippen LogP contribution in [-0.2, 0) is 13.1 Å². The zero-order valence-electron chi connectivity index (χ0n) is 10.9. The van der Waals surface area contributed by atoms with Crippen LogP contribution in [0, 0.1) is 6.92 Å². The van der Waals surface area contributed by atoms with Gasteiger partial charge in [0.2, 0.25) is 0 Å². The third-order valence-electron chi connectivity index (χ3n) is 3.00. The van der Waals surface area contributed by atoms with E-state index in [1.165, 1.54) is 10.6 Å². The molecule has 0 saturated carbocycles. The number of hydrogen-bond acceptors (Lipinski definition) is 3. The van der Waals surface area contributed by atoms with Gasteiger partial charge in [0.05, 0.1) is 15.9 Å². The molecule has 98 valence electrons. The van der Waals surface area contributed by atoms with Gasteiger partial charge in [-0.1, -0.05) is 6.07 Å². The first kappa shape index (κ1) is 13.8. The van der Waals surface area contributed by atoms with Crippen molar-refractivity contribution in [1.29, 1.82) is 0 Å². The Hall–Kier alpha value is -0.650. The van der Waals surface area contributed by atoms with E-state index in [9.17, 15) is 0 Å². The minimum absolute atomic E-state index is 0.373. The molecule has 18 heavy (non-hydrogen) atoms. The second-order valence-electron chi connectivity index (χ2n) is 4.28. The van der Waals surface area contributed by atoms with Crippen molar-refractivity contribution >= 4 is 27.3 Å². The summed E-state index contributed by atoms with van der Waals surface area (Å²) < 4.78 is 3.17. The smallest absolute Gasteiger partial charge is 0.0739 e. The van der Waals surface area contributed by atoms with Crippen molar-refractivity contribution in [3.8, 4) is 0 Å². The van der Waals surface area contributed by atoms with Crippen molar-refractivity contribution in [2.75, 3.05) is 0 Å². The maximum absolute atomic E-state index is 4.50. The maximum atomic E-state index is 4.50. The van der Waals surface area contributed by atoms with E-state index < -0.39 is 0 Å². The molecule has 0 radical (unpaired) electrons. The lowest BCUT2D eigenvalue weighted by molar-refractivity contribution is 0.534. The molecule has 0 unspecified atom stereocenters. The summed E-state index contributed by atoms with van der Waals surface area (Å²) in [6.45, 7) is 8.07. The number of thiophene rings is 1. The molecule has 2 aromatic rings. The molecule has 1 atom stereocenters. The quantitative estimate of drug-likeness (QED) is 0.902. The fourth-order valence-corrected chi connectivity index (χ4v) is 3.11. The van der Waals surface area contributed by atoms with Gasteiger partial charge in [0.25, 0.3) is 0 Å². The van der Waals surface area contributed by atoms with E-state index in [-0.39, 0.29) is 0 Å². The van der Waals surface area contributed by atoms with Gasteiger partial charge in [-0.05, 0) is 48.1 Å². The highest BCUT2D eigenvalue weighted by molar-refractivity contribution is 9.10. The van der Waals surface area contributed by atoms with Gasteiger partial charge in [-0.25, -0.2) is 0 Å². The third kappa shape index (κ3) is 2.84. The minimum atomic E-state index is 0.373. The summed E-state index contributed by atoms with van der Waals surface area (Å²) in [5, 5.41) is 10.2. The second kappa shape index (κ2) is 5.99. The van der Waals surface area contributed by atoms with Crippen LogP contribution in [0.25, 0.3) is 0 Å². The van der Waals surface area contributed by atoms with Crippen LogP contribution >= 0.6 is 27.3 Å². The number of nitrogens with zero attached hydrogens (tertiary/aromatic N) is 2. The molecule has 0 spiro atoms. The Balaban J connectivity index is 2.06. The molecule has 0 fully saturated rings. The molecule has 3 nitrogen and oxygen atoms in total. The molecular weight excluding hydrogens is 310 g/mol. The molecule has 0 aromatic carbocycles. The normalized spacial score (nSPS) is 12.9. The topological polar surface area (TPSA) is 29.9 Å². The first-order chi connectivity index (χ1) is 8.63. The summed E-state index contributed by atoms with van der Waals surface area (Å²) in [5.41, 5.74) is 2.27. The molecule has 0 saturated heterocycles. The lowest BCUT2D eigenvalue weighted by Crippen LogP contribution is -2.19. The van der Waals surface area contributed by atoms with E-state index >= 15 is 0 Å². The van der Waals surface area contributed by atoms with Crippen molar-refractivity contribution < 1.29 is 0 Å². The molecule has 0 bridgehead atoms. The maximum Gasteiger partial charge on any atom is 0.0739 e. The standard InChI is InChI=1S/C13H18BrN3S/c1-4-17-11(13(14)10(3)16-17)8-15-9(2)12-6-5-7-18-12/h5-7,9,15H,4,8H2,1-3H3/t9-/m1/s1. The predicted molar refractivity (Wildman–Crippen MR) is 79.9 cm³/mol. The monoisotopic (exact) mass is 327 g/mol. The lowest BCUT2D eigenvalue weighted by atomic mass is 10.2. The Morgan fingerprint density at radius 2 is 2.33 bits per heavy atom. The van der Waals surface area contributed by atoms with Gasteiger partial charge in [0.15, 0.2) is 0 Å². The fraction of sp³-hybridized carbons (Fsp3) is 0.462. The SMILES string of the molecule is CCn1nc(C)c(Br)c1CN[C@H](C)c1cccs1. The number of hydrogen-bond donors (Lipinski definition) is 1. The minimum Gasteiger partial charge on any atom is -0.304 e. The van der Waals surface area contributed by atoms with Crippen molar-refractivity contribution in [3.05, 3.63) is 38.3 Å². The van der Waals surface area contributed by atoms with Crippen LogP contribution < -0.4 is 5.32 Å². The van der Waals surface area contributed by atoms with E-state index in [0.29, 0.717) is 6.04 Å². The molecule has 5 heteroatoms. The highest BCUT2D eigenvalue weighted by Crippen LogP contribution is 2.23. The van der Waals surface area contributed by atoms with Crippen LogP contribution in [0.2, 0.25) is 0 Å². The molecule has 0 aliphatic carbocycles. The summed E-state index contributed by atoms with van der Waals surface area (Å²) in [5.74, 6) is 0. The summed E-state index contributed by atoms with van der Waals surface area (Å²) in [7, 11) is 0. The van der Waals surface area contributed by atoms with E-state index in [4.69, 9.17) is 0 Å². The molecule has 1 N–H and O–H groups in total. The Morgan fingerprint density at radius 3 is 2.94 bits per heavy atom. The Labute approximate surface area is 120 Å². The van der Waals surface area contributed by atoms with Crippen LogP contribution in [0.15, 0.2) is 22.0 Å². The van der Waals surface area contributed by atoms with Gasteiger partial charge in [0, 0.05) is 24.0 Å². The van der Waals surface area contributed by atoms with Gasteiger partial charge in [0.1, 0.15) is 0 Å². The van der Waals surface area contributed by atoms with Crippen LogP contribution in [0.4, 0.5) is 0 Å². The average Bonchev–Trinajstić information content (AvgIpc) is 2.97. The van der Waals surface area contributed by atoms with Gasteiger partial charge < -0.3 is 5.32 Å². The van der Waals surface area contributed by atoms with Crippen LogP contribution in [0.3, 0.4) is 0 Å². The van der Waals surface area contributed by atoms with Crippen molar-refractivity contribution in [3.63, 3.8) is 0 Å². The molecule has 2 rings (SSSR count). The zero-order chi connectivity index (χ0) is 13.1. The lowest BCUT2D eigenvalue weighted by Gasteiger charge is -2.13. The van der Waals surface area contributed by atoms with E-state index in [2.05, 4.69) is 57.7 Å². The number of aryl methyl sites for hydroxylation is 2. The van der Waals surface area contributed by atoms with Crippen molar-refractivity contribution in [2.45, 2.75) is 39.9 Å². The molecule has 0 aliphatic rings. The highest BCUT2D eigenvalue weighted by Gasteiger charge is 2.13. The van der Waals surface area contributed by atoms with E-state index in [1.54, 1.807) is 11.3 Å². The Kier molecular flexibility index (Phi) is 4.59. The van der Waals surface area contributed by atoms with Gasteiger partial charge in [-0.2, -0.15) is 5.10 Å². The summed E-state index contributed by atoms with van der Waals surface area (Å²) >= 11 is 5.41. The summed E-state index contributed by atoms with van der Waals surface area (Å²) in [4.78, 5) is 1.37. The van der Waals surface area contributed by atoms with Crippen LogP contribution in [0.5, 0.6) is 0 Å². The van der Waals surface area contributed by atoms with E-state index in [1.807, 2.05) is 11.6 Å². The predicted octanol–water partition coefficient (Wildman–Crippen LogP) is 3.89. The molecule has 0 aliphatic heterocycles. The molecular formula is C13H18BrN3S. The number of nitrogens with one attached hydrogen (secondary N) is 1. The number of rotatable bonds is 5. The summed E-state index contributed by atoms with van der Waals surface area (Å²) in [6.07, 6.45) is 0. The van der Waals surface area contributed by atoms with Crippen molar-refractivity contribution in [2.24, 2.45) is 0 Å². The highest BCUT2D eigenvalue weighted by atomic mass is 79.9. The van der Waals surface area contributed by atoms with Crippen molar-refractivity contribution in [1.82, 2.24) is 15.1 Å². The van der Waals surface area contributed by atoms with E-state index in [0.717, 1.165) is 23.3 Å². The van der Waals surface area contributed by atoms with Gasteiger partial charge in [-0.3, -0.25) is 4.68 Å². The first-order valence-electron chi connectivity index (χ1n) is 6.12. The zero-order valence-corrected chi connectivity index (χ0v) is 13.3. The number of halogens is 1. The van der Waals surface area contributed by atoms with Crippen LogP contribution in [0.1, 0.15) is 36.2 Å². The average molecular weight is 328 g/mol. The third-order valence-corrected chi connectivity index (χ3v) is 5.09. The molecule has 2 heterocycles. The molecule has 2 aromatic heterocycles. The van der Waals surface area contributed by atoms with Crippen LogP contribution in [-0.4, -0.2) is 9.78 Å². The van der Waals surface area contributed by atoms with Gasteiger partial charge in [-0.15, -0.1) is 11.3 Å². The molecule has 0 amide bonds. The Morgan fingerprint density at radius 1 is 1.56 bits per heavy atom.